The van der Waals surface area contributed by atoms with Crippen molar-refractivity contribution in [3.05, 3.63) is 48.0 Å². The minimum Gasteiger partial charge on any atom is -0.308 e. The Morgan fingerprint density at radius 1 is 1.29 bits per heavy atom. The number of nitrogens with zero attached hydrogens (tertiary/aromatic N) is 6. The van der Waals surface area contributed by atoms with E-state index in [0.717, 1.165) is 4.96 Å². The summed E-state index contributed by atoms with van der Waals surface area (Å²) in [7, 11) is 0. The number of benzene rings is 1. The minimum atomic E-state index is -0.330. The van der Waals surface area contributed by atoms with E-state index in [0.29, 0.717) is 17.1 Å². The fraction of sp³-hybridized carbons (Fsp3) is 0.0714. The van der Waals surface area contributed by atoms with Gasteiger partial charge in [0.2, 0.25) is 5.91 Å². The van der Waals surface area contributed by atoms with Gasteiger partial charge in [0.1, 0.15) is 30.2 Å². The molecule has 3 heterocycles. The van der Waals surface area contributed by atoms with E-state index in [2.05, 4.69) is 25.8 Å². The lowest BCUT2D eigenvalue weighted by Crippen LogP contribution is -2.20. The summed E-state index contributed by atoms with van der Waals surface area (Å²) in [5, 5.41) is 15.3. The number of hydrogen-bond donors (Lipinski definition) is 1. The number of fused-ring (bicyclic) bond motifs is 1. The summed E-state index contributed by atoms with van der Waals surface area (Å²) >= 11 is 1.44. The Kier molecular flexibility index (Phi) is 3.50. The van der Waals surface area contributed by atoms with Gasteiger partial charge in [-0.1, -0.05) is 0 Å². The number of tetrazole rings is 1. The number of carbonyl (C=O) groups is 1. The number of rotatable bonds is 4. The number of nitrogens with one attached hydrogen (secondary N) is 1. The molecule has 0 saturated carbocycles. The third kappa shape index (κ3) is 2.63. The van der Waals surface area contributed by atoms with Crippen molar-refractivity contribution in [3.63, 3.8) is 0 Å². The summed E-state index contributed by atoms with van der Waals surface area (Å²) in [6.45, 7) is -0.0206. The van der Waals surface area contributed by atoms with Gasteiger partial charge in [0.15, 0.2) is 4.96 Å². The van der Waals surface area contributed by atoms with Crippen LogP contribution in [0.4, 0.5) is 10.2 Å². The van der Waals surface area contributed by atoms with Gasteiger partial charge in [-0.05, 0) is 34.7 Å². The maximum atomic E-state index is 13.2. The maximum Gasteiger partial charge on any atom is 0.247 e. The molecule has 0 spiro atoms. The molecule has 0 fully saturated rings. The second kappa shape index (κ2) is 5.81. The molecule has 120 valence electrons. The molecule has 24 heavy (non-hydrogen) atoms. The Bertz CT molecular complexity index is 990. The molecular weight excluding hydrogens is 333 g/mol. The van der Waals surface area contributed by atoms with Crippen LogP contribution < -0.4 is 5.32 Å². The van der Waals surface area contributed by atoms with E-state index in [4.69, 9.17) is 0 Å². The molecule has 0 bridgehead atoms. The standard InChI is InChI=1S/C14H10FN7OS/c15-10-3-1-9(2-4-10)12-13(22-5-6-24-14(22)18-12)17-11(23)7-21-8-16-19-20-21/h1-6,8H,7H2,(H,17,23). The first kappa shape index (κ1) is 14.5. The van der Waals surface area contributed by atoms with E-state index >= 15 is 0 Å². The van der Waals surface area contributed by atoms with Crippen LogP contribution in [0.2, 0.25) is 0 Å². The first-order valence-corrected chi connectivity index (χ1v) is 7.81. The second-order valence-electron chi connectivity index (χ2n) is 4.93. The smallest absolute Gasteiger partial charge is 0.247 e. The number of thiazole rings is 1. The van der Waals surface area contributed by atoms with E-state index in [1.165, 1.54) is 34.5 Å². The van der Waals surface area contributed by atoms with Crippen LogP contribution in [0.25, 0.3) is 16.2 Å². The molecule has 0 aliphatic carbocycles. The monoisotopic (exact) mass is 343 g/mol. The zero-order valence-electron chi connectivity index (χ0n) is 12.1. The Morgan fingerprint density at radius 3 is 2.88 bits per heavy atom. The average Bonchev–Trinajstić information content (AvgIpc) is 3.27. The van der Waals surface area contributed by atoms with Crippen molar-refractivity contribution in [3.8, 4) is 11.3 Å². The van der Waals surface area contributed by atoms with Crippen molar-refractivity contribution in [2.75, 3.05) is 5.32 Å². The summed E-state index contributed by atoms with van der Waals surface area (Å²) in [5.74, 6) is -0.0985. The normalized spacial score (nSPS) is 11.0. The van der Waals surface area contributed by atoms with E-state index in [1.54, 1.807) is 16.5 Å². The number of aromatic nitrogens is 6. The molecule has 4 rings (SSSR count). The number of anilines is 1. The lowest BCUT2D eigenvalue weighted by molar-refractivity contribution is -0.117. The lowest BCUT2D eigenvalue weighted by Gasteiger charge is -2.07. The van der Waals surface area contributed by atoms with Gasteiger partial charge in [0, 0.05) is 17.1 Å². The number of amides is 1. The van der Waals surface area contributed by atoms with Crippen LogP contribution in [-0.4, -0.2) is 35.5 Å². The first-order chi connectivity index (χ1) is 11.7. The average molecular weight is 343 g/mol. The highest BCUT2D eigenvalue weighted by Gasteiger charge is 2.17. The van der Waals surface area contributed by atoms with Crippen LogP contribution in [-0.2, 0) is 11.3 Å². The predicted molar refractivity (Wildman–Crippen MR) is 84.9 cm³/mol. The van der Waals surface area contributed by atoms with Crippen molar-refractivity contribution < 1.29 is 9.18 Å². The molecular formula is C14H10FN7OS. The molecule has 0 unspecified atom stereocenters. The van der Waals surface area contributed by atoms with Gasteiger partial charge in [0.25, 0.3) is 0 Å². The summed E-state index contributed by atoms with van der Waals surface area (Å²) in [4.78, 5) is 17.5. The van der Waals surface area contributed by atoms with Gasteiger partial charge in [-0.3, -0.25) is 9.20 Å². The quantitative estimate of drug-likeness (QED) is 0.610. The molecule has 0 aliphatic rings. The molecule has 8 nitrogen and oxygen atoms in total. The number of imidazole rings is 1. The van der Waals surface area contributed by atoms with Gasteiger partial charge >= 0.3 is 0 Å². The molecule has 4 aromatic rings. The Labute approximate surface area is 138 Å². The Morgan fingerprint density at radius 2 is 2.12 bits per heavy atom. The van der Waals surface area contributed by atoms with Crippen molar-refractivity contribution in [2.24, 2.45) is 0 Å². The van der Waals surface area contributed by atoms with Gasteiger partial charge in [-0.15, -0.1) is 16.4 Å². The maximum absolute atomic E-state index is 13.2. The van der Waals surface area contributed by atoms with E-state index in [9.17, 15) is 9.18 Å². The molecule has 0 aliphatic heterocycles. The molecule has 0 atom stereocenters. The topological polar surface area (TPSA) is 90.0 Å². The largest absolute Gasteiger partial charge is 0.308 e. The van der Waals surface area contributed by atoms with Crippen LogP contribution in [0.15, 0.2) is 42.2 Å². The summed E-state index contributed by atoms with van der Waals surface area (Å²) in [6.07, 6.45) is 3.17. The molecule has 10 heteroatoms. The van der Waals surface area contributed by atoms with Gasteiger partial charge in [-0.25, -0.2) is 14.1 Å². The number of halogens is 1. The van der Waals surface area contributed by atoms with E-state index < -0.39 is 0 Å². The first-order valence-electron chi connectivity index (χ1n) is 6.93. The highest BCUT2D eigenvalue weighted by atomic mass is 32.1. The van der Waals surface area contributed by atoms with Crippen molar-refractivity contribution in [1.29, 1.82) is 0 Å². The summed E-state index contributed by atoms with van der Waals surface area (Å²) in [6, 6.07) is 5.96. The summed E-state index contributed by atoms with van der Waals surface area (Å²) in [5.41, 5.74) is 1.29. The van der Waals surface area contributed by atoms with Gasteiger partial charge in [0.05, 0.1) is 0 Å². The zero-order valence-corrected chi connectivity index (χ0v) is 12.9. The van der Waals surface area contributed by atoms with E-state index in [-0.39, 0.29) is 18.3 Å². The summed E-state index contributed by atoms with van der Waals surface area (Å²) < 4.78 is 16.3. The fourth-order valence-corrected chi connectivity index (χ4v) is 3.00. The number of hydrogen-bond acceptors (Lipinski definition) is 6. The second-order valence-corrected chi connectivity index (χ2v) is 5.80. The van der Waals surface area contributed by atoms with Crippen molar-refractivity contribution in [2.45, 2.75) is 6.54 Å². The highest BCUT2D eigenvalue weighted by molar-refractivity contribution is 7.15. The zero-order chi connectivity index (χ0) is 16.5. The van der Waals surface area contributed by atoms with Crippen LogP contribution in [0.1, 0.15) is 0 Å². The van der Waals surface area contributed by atoms with E-state index in [1.807, 2.05) is 11.6 Å². The number of carbonyl (C=O) groups excluding carboxylic acids is 1. The third-order valence-electron chi connectivity index (χ3n) is 3.33. The van der Waals surface area contributed by atoms with Crippen LogP contribution in [0, 0.1) is 5.82 Å². The molecule has 0 saturated heterocycles. The van der Waals surface area contributed by atoms with Crippen LogP contribution in [0.5, 0.6) is 0 Å². The van der Waals surface area contributed by atoms with Gasteiger partial charge < -0.3 is 5.32 Å². The third-order valence-corrected chi connectivity index (χ3v) is 4.09. The SMILES string of the molecule is O=C(Cn1cnnn1)Nc1c(-c2ccc(F)cc2)nc2sccn12. The molecule has 1 aromatic carbocycles. The lowest BCUT2D eigenvalue weighted by atomic mass is 10.1. The minimum absolute atomic E-state index is 0.0206. The molecule has 3 aromatic heterocycles. The molecule has 0 radical (unpaired) electrons. The molecule has 1 N–H and O–H groups in total. The van der Waals surface area contributed by atoms with Gasteiger partial charge in [-0.2, -0.15) is 0 Å². The van der Waals surface area contributed by atoms with Crippen molar-refractivity contribution >= 4 is 28.0 Å². The fourth-order valence-electron chi connectivity index (χ4n) is 2.29. The van der Waals surface area contributed by atoms with Crippen LogP contribution >= 0.6 is 11.3 Å². The van der Waals surface area contributed by atoms with Crippen molar-refractivity contribution in [1.82, 2.24) is 29.6 Å². The van der Waals surface area contributed by atoms with Crippen LogP contribution in [0.3, 0.4) is 0 Å². The predicted octanol–water partition coefficient (Wildman–Crippen LogP) is 1.83. The highest BCUT2D eigenvalue weighted by Crippen LogP contribution is 2.30. The Balaban J connectivity index is 1.70. The molecule has 1 amide bonds. The Hall–Kier alpha value is -3.14.